The molecule has 0 aliphatic carbocycles. The average Bonchev–Trinajstić information content (AvgIpc) is 3.05. The zero-order chi connectivity index (χ0) is 35.8. The van der Waals surface area contributed by atoms with Gasteiger partial charge in [-0.2, -0.15) is 0 Å². The maximum absolute atomic E-state index is 11.3. The van der Waals surface area contributed by atoms with Crippen molar-refractivity contribution < 1.29 is 19.7 Å². The number of esters is 1. The van der Waals surface area contributed by atoms with Crippen molar-refractivity contribution in [3.8, 4) is 11.5 Å². The minimum Gasteiger partial charge on any atom is -0.507 e. The van der Waals surface area contributed by atoms with Gasteiger partial charge in [-0.3, -0.25) is 4.79 Å². The molecule has 48 heavy (non-hydrogen) atoms. The minimum atomic E-state index is -0.00279. The van der Waals surface area contributed by atoms with Gasteiger partial charge in [-0.25, -0.2) is 0 Å². The monoisotopic (exact) mass is 685 g/mol. The molecule has 274 valence electrons. The quantitative estimate of drug-likeness (QED) is 0.0851. The van der Waals surface area contributed by atoms with Crippen LogP contribution in [0.4, 0.5) is 0 Å². The lowest BCUT2D eigenvalue weighted by Crippen LogP contribution is -2.17. The highest BCUT2D eigenvalue weighted by atomic mass is 32.2. The molecule has 0 saturated carbocycles. The molecule has 0 unspecified atom stereocenters. The Labute approximate surface area is 300 Å². The molecule has 0 aliphatic heterocycles. The van der Waals surface area contributed by atoms with E-state index in [9.17, 15) is 15.0 Å². The molecule has 5 heteroatoms. The molecule has 2 N–H and O–H groups in total. The Kier molecular flexibility index (Phi) is 22.8. The number of rotatable bonds is 24. The molecule has 0 amide bonds. The number of hydrogen-bond donors (Lipinski definition) is 2. The van der Waals surface area contributed by atoms with Gasteiger partial charge in [-0.1, -0.05) is 169 Å². The van der Waals surface area contributed by atoms with Crippen molar-refractivity contribution in [1.29, 1.82) is 0 Å². The summed E-state index contributed by atoms with van der Waals surface area (Å²) in [5.41, 5.74) is 2.59. The van der Waals surface area contributed by atoms with Crippen LogP contribution in [0.25, 0.3) is 0 Å². The SMILES string of the molecule is CCCCCC(C)(C)c1ccc(O)c(Sc2cc(C(C)(C)CCCCC)ccc2O)c1.CCCCCCCOC(=O)CCCCCCC. The molecular weight excluding hydrogens is 613 g/mol. The van der Waals surface area contributed by atoms with Gasteiger partial charge >= 0.3 is 5.97 Å². The third kappa shape index (κ3) is 18.0. The zero-order valence-electron chi connectivity index (χ0n) is 32.2. The predicted octanol–water partition coefficient (Wildman–Crippen LogP) is 13.8. The third-order valence-electron chi connectivity index (χ3n) is 9.51. The van der Waals surface area contributed by atoms with Gasteiger partial charge in [0.1, 0.15) is 11.5 Å². The van der Waals surface area contributed by atoms with Gasteiger partial charge < -0.3 is 14.9 Å². The van der Waals surface area contributed by atoms with Crippen LogP contribution in [0, 0.1) is 0 Å². The average molecular weight is 685 g/mol. The van der Waals surface area contributed by atoms with E-state index >= 15 is 0 Å². The first-order chi connectivity index (χ1) is 22.9. The van der Waals surface area contributed by atoms with Crippen LogP contribution in [0.2, 0.25) is 0 Å². The van der Waals surface area contributed by atoms with E-state index in [-0.39, 0.29) is 28.3 Å². The van der Waals surface area contributed by atoms with Crippen molar-refractivity contribution in [2.75, 3.05) is 6.61 Å². The molecule has 0 saturated heterocycles. The summed E-state index contributed by atoms with van der Waals surface area (Å²) in [5, 5.41) is 21.1. The van der Waals surface area contributed by atoms with E-state index in [0.29, 0.717) is 13.0 Å². The fourth-order valence-corrected chi connectivity index (χ4v) is 6.87. The first-order valence-electron chi connectivity index (χ1n) is 19.4. The van der Waals surface area contributed by atoms with Gasteiger partial charge in [0.15, 0.2) is 0 Å². The van der Waals surface area contributed by atoms with Crippen LogP contribution in [0.3, 0.4) is 0 Å². The van der Waals surface area contributed by atoms with Crippen molar-refractivity contribution >= 4 is 17.7 Å². The summed E-state index contributed by atoms with van der Waals surface area (Å²) < 4.78 is 5.19. The van der Waals surface area contributed by atoms with Crippen LogP contribution in [0.5, 0.6) is 11.5 Å². The van der Waals surface area contributed by atoms with Crippen molar-refractivity contribution in [2.24, 2.45) is 0 Å². The smallest absolute Gasteiger partial charge is 0.305 e. The largest absolute Gasteiger partial charge is 0.507 e. The van der Waals surface area contributed by atoms with E-state index in [2.05, 4.69) is 67.5 Å². The molecular formula is C43H72O4S. The predicted molar refractivity (Wildman–Crippen MR) is 208 cm³/mol. The van der Waals surface area contributed by atoms with Crippen LogP contribution in [0.1, 0.15) is 189 Å². The van der Waals surface area contributed by atoms with Crippen LogP contribution < -0.4 is 0 Å². The number of benzene rings is 2. The van der Waals surface area contributed by atoms with E-state index in [4.69, 9.17) is 4.74 Å². The lowest BCUT2D eigenvalue weighted by atomic mass is 9.80. The molecule has 0 bridgehead atoms. The maximum Gasteiger partial charge on any atom is 0.305 e. The van der Waals surface area contributed by atoms with Crippen LogP contribution in [-0.4, -0.2) is 22.8 Å². The van der Waals surface area contributed by atoms with Crippen LogP contribution in [0.15, 0.2) is 46.2 Å². The van der Waals surface area contributed by atoms with Gasteiger partial charge in [0.2, 0.25) is 0 Å². The highest BCUT2D eigenvalue weighted by molar-refractivity contribution is 7.99. The number of carbonyl (C=O) groups is 1. The molecule has 0 spiro atoms. The number of carbonyl (C=O) groups excluding carboxylic acids is 1. The second-order valence-electron chi connectivity index (χ2n) is 14.9. The topological polar surface area (TPSA) is 66.8 Å². The van der Waals surface area contributed by atoms with Crippen molar-refractivity contribution in [3.05, 3.63) is 47.5 Å². The summed E-state index contributed by atoms with van der Waals surface area (Å²) in [6.45, 7) is 18.6. The molecule has 2 aromatic carbocycles. The maximum atomic E-state index is 11.3. The van der Waals surface area contributed by atoms with Crippen LogP contribution >= 0.6 is 11.8 Å². The Morgan fingerprint density at radius 3 is 1.42 bits per heavy atom. The molecule has 0 aliphatic rings. The first-order valence-corrected chi connectivity index (χ1v) is 20.2. The van der Waals surface area contributed by atoms with E-state index < -0.39 is 0 Å². The molecule has 2 rings (SSSR count). The molecule has 0 radical (unpaired) electrons. The fraction of sp³-hybridized carbons (Fsp3) is 0.698. The number of phenols is 2. The van der Waals surface area contributed by atoms with E-state index in [1.54, 1.807) is 12.1 Å². The van der Waals surface area contributed by atoms with Gasteiger partial charge in [0.25, 0.3) is 0 Å². The molecule has 0 atom stereocenters. The first kappa shape index (κ1) is 43.9. The lowest BCUT2D eigenvalue weighted by molar-refractivity contribution is -0.143. The number of unbranched alkanes of at least 4 members (excludes halogenated alkanes) is 12. The number of aromatic hydroxyl groups is 2. The van der Waals surface area contributed by atoms with Gasteiger partial charge in [-0.15, -0.1) is 0 Å². The number of hydrogen-bond acceptors (Lipinski definition) is 5. The molecule has 0 aromatic heterocycles. The minimum absolute atomic E-state index is 0.00279. The van der Waals surface area contributed by atoms with E-state index in [0.717, 1.165) is 35.5 Å². The number of ether oxygens (including phenoxy) is 1. The molecule has 2 aromatic rings. The highest BCUT2D eigenvalue weighted by Gasteiger charge is 2.24. The fourth-order valence-electron chi connectivity index (χ4n) is 5.91. The summed E-state index contributed by atoms with van der Waals surface area (Å²) in [6.07, 6.45) is 22.2. The summed E-state index contributed by atoms with van der Waals surface area (Å²) in [6, 6.07) is 11.9. The number of phenolic OH excluding ortho intramolecular Hbond substituents is 2. The summed E-state index contributed by atoms with van der Waals surface area (Å²) in [5.74, 6) is 0.534. The third-order valence-corrected chi connectivity index (χ3v) is 10.6. The Balaban J connectivity index is 0.000000576. The second-order valence-corrected chi connectivity index (χ2v) is 16.0. The standard InChI is InChI=1S/C28H42O2S.C15H30O2/c1-7-9-11-17-27(3,4)21-13-15-23(29)25(19-21)31-26-20-22(14-16-24(26)30)28(5,6)18-12-10-8-2;1-3-5-7-9-11-13-15(16)17-14-12-10-8-6-4-2/h13-16,19-20,29-30H,7-12,17-18H2,1-6H3;3-14H2,1-2H3. The summed E-state index contributed by atoms with van der Waals surface area (Å²) in [7, 11) is 0. The zero-order valence-corrected chi connectivity index (χ0v) is 33.0. The van der Waals surface area contributed by atoms with Gasteiger partial charge in [-0.05, 0) is 71.9 Å². The highest BCUT2D eigenvalue weighted by Crippen LogP contribution is 2.43. The molecule has 0 fully saturated rings. The van der Waals surface area contributed by atoms with E-state index in [1.165, 1.54) is 113 Å². The van der Waals surface area contributed by atoms with Crippen molar-refractivity contribution in [3.63, 3.8) is 0 Å². The van der Waals surface area contributed by atoms with E-state index in [1.807, 2.05) is 12.1 Å². The van der Waals surface area contributed by atoms with Crippen molar-refractivity contribution in [2.45, 2.75) is 198 Å². The Bertz CT molecular complexity index is 1070. The Hall–Kier alpha value is -2.14. The second kappa shape index (κ2) is 24.9. The van der Waals surface area contributed by atoms with Gasteiger partial charge in [0.05, 0.1) is 16.4 Å². The van der Waals surface area contributed by atoms with Crippen LogP contribution in [-0.2, 0) is 20.4 Å². The summed E-state index contributed by atoms with van der Waals surface area (Å²) >= 11 is 1.46. The summed E-state index contributed by atoms with van der Waals surface area (Å²) in [4.78, 5) is 12.9. The molecule has 4 nitrogen and oxygen atoms in total. The van der Waals surface area contributed by atoms with Gasteiger partial charge in [0, 0.05) is 6.42 Å². The molecule has 0 heterocycles. The van der Waals surface area contributed by atoms with Crippen molar-refractivity contribution in [1.82, 2.24) is 0 Å². The Morgan fingerprint density at radius 1 is 0.583 bits per heavy atom. The lowest BCUT2D eigenvalue weighted by Gasteiger charge is -2.27. The Morgan fingerprint density at radius 2 is 0.979 bits per heavy atom. The normalized spacial score (nSPS) is 11.7.